The summed E-state index contributed by atoms with van der Waals surface area (Å²) in [5.41, 5.74) is 3.02. The van der Waals surface area contributed by atoms with E-state index in [0.29, 0.717) is 23.7 Å². The molecule has 32 heavy (non-hydrogen) atoms. The van der Waals surface area contributed by atoms with E-state index in [9.17, 15) is 9.18 Å². The number of unbranched alkanes of at least 4 members (excludes halogenated alkanes) is 4. The predicted molar refractivity (Wildman–Crippen MR) is 130 cm³/mol. The average Bonchev–Trinajstić information content (AvgIpc) is 2.82. The van der Waals surface area contributed by atoms with Gasteiger partial charge in [0.15, 0.2) is 0 Å². The highest BCUT2D eigenvalue weighted by Gasteiger charge is 2.23. The monoisotopic (exact) mass is 438 g/mol. The minimum absolute atomic E-state index is 0.178. The van der Waals surface area contributed by atoms with Crippen LogP contribution in [-0.4, -0.2) is 12.6 Å². The maximum absolute atomic E-state index is 15.0. The zero-order valence-corrected chi connectivity index (χ0v) is 19.9. The van der Waals surface area contributed by atoms with Crippen LogP contribution in [0, 0.1) is 11.7 Å². The first kappa shape index (κ1) is 24.5. The number of carbonyl (C=O) groups excluding carboxylic acids is 1. The summed E-state index contributed by atoms with van der Waals surface area (Å²) in [6, 6.07) is 12.8. The summed E-state index contributed by atoms with van der Waals surface area (Å²) in [6.45, 7) is 4.82. The van der Waals surface area contributed by atoms with Crippen molar-refractivity contribution in [2.75, 3.05) is 6.61 Å². The maximum atomic E-state index is 15.0. The molecule has 0 aliphatic heterocycles. The fourth-order valence-corrected chi connectivity index (χ4v) is 4.87. The molecule has 0 saturated heterocycles. The van der Waals surface area contributed by atoms with Gasteiger partial charge in [0.05, 0.1) is 12.2 Å². The Bertz CT molecular complexity index is 835. The summed E-state index contributed by atoms with van der Waals surface area (Å²) in [5, 5.41) is 0. The van der Waals surface area contributed by atoms with Gasteiger partial charge in [-0.15, -0.1) is 0 Å². The molecule has 0 atom stereocenters. The van der Waals surface area contributed by atoms with Crippen LogP contribution in [0.3, 0.4) is 0 Å². The molecular formula is C29H39FO2. The van der Waals surface area contributed by atoms with Crippen molar-refractivity contribution in [2.24, 2.45) is 5.92 Å². The molecule has 1 fully saturated rings. The van der Waals surface area contributed by atoms with E-state index in [0.717, 1.165) is 36.3 Å². The lowest BCUT2D eigenvalue weighted by Gasteiger charge is -2.29. The highest BCUT2D eigenvalue weighted by Crippen LogP contribution is 2.38. The maximum Gasteiger partial charge on any atom is 0.338 e. The minimum Gasteiger partial charge on any atom is -0.462 e. The van der Waals surface area contributed by atoms with Crippen molar-refractivity contribution in [3.8, 4) is 11.1 Å². The summed E-state index contributed by atoms with van der Waals surface area (Å²) in [7, 11) is 0. The van der Waals surface area contributed by atoms with Gasteiger partial charge in [-0.2, -0.15) is 0 Å². The van der Waals surface area contributed by atoms with Crippen LogP contribution in [-0.2, 0) is 4.74 Å². The summed E-state index contributed by atoms with van der Waals surface area (Å²) in [6.07, 6.45) is 13.3. The highest BCUT2D eigenvalue weighted by molar-refractivity contribution is 5.90. The molecule has 1 aliphatic carbocycles. The SMILES string of the molecule is CCCCCOC(=O)c1ccc(-c2ccc([C@H]3CC[C@H](CCCCC)CC3)cc2F)cc1. The molecule has 0 amide bonds. The molecule has 3 heteroatoms. The summed E-state index contributed by atoms with van der Waals surface area (Å²) in [4.78, 5) is 12.1. The molecule has 174 valence electrons. The Labute approximate surface area is 193 Å². The van der Waals surface area contributed by atoms with Crippen LogP contribution in [0.25, 0.3) is 11.1 Å². The van der Waals surface area contributed by atoms with Crippen molar-refractivity contribution >= 4 is 5.97 Å². The summed E-state index contributed by atoms with van der Waals surface area (Å²) < 4.78 is 20.3. The van der Waals surface area contributed by atoms with E-state index in [1.54, 1.807) is 18.2 Å². The van der Waals surface area contributed by atoms with Crippen LogP contribution >= 0.6 is 0 Å². The van der Waals surface area contributed by atoms with E-state index in [-0.39, 0.29) is 11.8 Å². The number of halogens is 1. The molecule has 2 aromatic carbocycles. The van der Waals surface area contributed by atoms with Gasteiger partial charge in [0.2, 0.25) is 0 Å². The fraction of sp³-hybridized carbons (Fsp3) is 0.552. The van der Waals surface area contributed by atoms with Gasteiger partial charge in [-0.3, -0.25) is 0 Å². The van der Waals surface area contributed by atoms with Crippen molar-refractivity contribution in [1.29, 1.82) is 0 Å². The Morgan fingerprint density at radius 3 is 2.25 bits per heavy atom. The number of carbonyl (C=O) groups is 1. The van der Waals surface area contributed by atoms with E-state index in [2.05, 4.69) is 19.9 Å². The molecule has 0 heterocycles. The molecule has 0 radical (unpaired) electrons. The van der Waals surface area contributed by atoms with Gasteiger partial charge in [0, 0.05) is 5.56 Å². The third-order valence-corrected chi connectivity index (χ3v) is 6.94. The molecule has 0 unspecified atom stereocenters. The lowest BCUT2D eigenvalue weighted by molar-refractivity contribution is 0.0498. The number of hydrogen-bond acceptors (Lipinski definition) is 2. The lowest BCUT2D eigenvalue weighted by Crippen LogP contribution is -2.13. The van der Waals surface area contributed by atoms with Crippen molar-refractivity contribution in [1.82, 2.24) is 0 Å². The van der Waals surface area contributed by atoms with Gasteiger partial charge in [0.25, 0.3) is 0 Å². The molecule has 1 aliphatic rings. The number of rotatable bonds is 11. The van der Waals surface area contributed by atoms with Gasteiger partial charge in [-0.05, 0) is 73.3 Å². The van der Waals surface area contributed by atoms with E-state index in [1.165, 1.54) is 51.4 Å². The first-order valence-corrected chi connectivity index (χ1v) is 12.7. The fourth-order valence-electron chi connectivity index (χ4n) is 4.87. The first-order valence-electron chi connectivity index (χ1n) is 12.7. The van der Waals surface area contributed by atoms with Crippen molar-refractivity contribution in [3.63, 3.8) is 0 Å². The quantitative estimate of drug-likeness (QED) is 0.259. The van der Waals surface area contributed by atoms with E-state index in [4.69, 9.17) is 4.74 Å². The molecule has 3 rings (SSSR count). The van der Waals surface area contributed by atoms with Crippen LogP contribution in [0.1, 0.15) is 106 Å². The smallest absolute Gasteiger partial charge is 0.338 e. The Balaban J connectivity index is 1.56. The number of hydrogen-bond donors (Lipinski definition) is 0. The molecule has 0 spiro atoms. The molecule has 0 bridgehead atoms. The normalized spacial score (nSPS) is 18.5. The molecule has 2 aromatic rings. The second-order valence-corrected chi connectivity index (χ2v) is 9.37. The predicted octanol–water partition coefficient (Wildman–Crippen LogP) is 8.69. The standard InChI is InChI=1S/C29H39FO2/c1-3-5-7-9-22-10-12-23(13-11-22)26-18-19-27(28(30)21-26)24-14-16-25(17-15-24)29(31)32-20-8-6-4-2/h14-19,21-23H,3-13,20H2,1-2H3/t22-,23-. The Morgan fingerprint density at radius 1 is 0.906 bits per heavy atom. The van der Waals surface area contributed by atoms with Crippen LogP contribution in [0.4, 0.5) is 4.39 Å². The van der Waals surface area contributed by atoms with Crippen LogP contribution in [0.5, 0.6) is 0 Å². The zero-order chi connectivity index (χ0) is 22.8. The zero-order valence-electron chi connectivity index (χ0n) is 19.9. The third-order valence-electron chi connectivity index (χ3n) is 6.94. The van der Waals surface area contributed by atoms with Gasteiger partial charge in [-0.1, -0.05) is 76.6 Å². The molecule has 2 nitrogen and oxygen atoms in total. The van der Waals surface area contributed by atoms with Crippen LogP contribution < -0.4 is 0 Å². The van der Waals surface area contributed by atoms with Crippen molar-refractivity contribution in [2.45, 2.75) is 90.4 Å². The van der Waals surface area contributed by atoms with Crippen LogP contribution in [0.2, 0.25) is 0 Å². The number of benzene rings is 2. The van der Waals surface area contributed by atoms with Gasteiger partial charge in [0.1, 0.15) is 5.82 Å². The number of ether oxygens (including phenoxy) is 1. The first-order chi connectivity index (χ1) is 15.6. The highest BCUT2D eigenvalue weighted by atomic mass is 19.1. The lowest BCUT2D eigenvalue weighted by atomic mass is 9.77. The second-order valence-electron chi connectivity index (χ2n) is 9.37. The number of esters is 1. The largest absolute Gasteiger partial charge is 0.462 e. The Kier molecular flexibility index (Phi) is 9.77. The van der Waals surface area contributed by atoms with E-state index in [1.807, 2.05) is 18.2 Å². The van der Waals surface area contributed by atoms with Crippen LogP contribution in [0.15, 0.2) is 42.5 Å². The van der Waals surface area contributed by atoms with Gasteiger partial charge < -0.3 is 4.74 Å². The van der Waals surface area contributed by atoms with Gasteiger partial charge >= 0.3 is 5.97 Å². The molecular weight excluding hydrogens is 399 g/mol. The topological polar surface area (TPSA) is 26.3 Å². The third kappa shape index (κ3) is 6.92. The summed E-state index contributed by atoms with van der Waals surface area (Å²) in [5.74, 6) is 0.848. The van der Waals surface area contributed by atoms with Gasteiger partial charge in [-0.25, -0.2) is 9.18 Å². The molecule has 0 N–H and O–H groups in total. The Hall–Kier alpha value is -2.16. The molecule has 1 saturated carbocycles. The Morgan fingerprint density at radius 2 is 1.59 bits per heavy atom. The average molecular weight is 439 g/mol. The summed E-state index contributed by atoms with van der Waals surface area (Å²) >= 11 is 0. The van der Waals surface area contributed by atoms with E-state index >= 15 is 0 Å². The molecule has 0 aromatic heterocycles. The van der Waals surface area contributed by atoms with Crippen molar-refractivity contribution < 1.29 is 13.9 Å². The minimum atomic E-state index is -0.311. The van der Waals surface area contributed by atoms with Crippen molar-refractivity contribution in [3.05, 3.63) is 59.4 Å². The second kappa shape index (κ2) is 12.8. The van der Waals surface area contributed by atoms with E-state index < -0.39 is 0 Å².